The van der Waals surface area contributed by atoms with Gasteiger partial charge in [-0.1, -0.05) is 30.0 Å². The smallest absolute Gasteiger partial charge is 0.431 e. The Kier molecular flexibility index (Phi) is 7.76. The van der Waals surface area contributed by atoms with Gasteiger partial charge in [-0.2, -0.15) is 26.3 Å². The monoisotopic (exact) mass is 667 g/mol. The molecule has 0 atom stereocenters. The van der Waals surface area contributed by atoms with Gasteiger partial charge in [-0.15, -0.1) is 29.8 Å². The van der Waals surface area contributed by atoms with Crippen LogP contribution in [0.5, 0.6) is 0 Å². The van der Waals surface area contributed by atoms with Gasteiger partial charge < -0.3 is 19.6 Å². The van der Waals surface area contributed by atoms with E-state index in [1.54, 1.807) is 48.7 Å². The van der Waals surface area contributed by atoms with Crippen molar-refractivity contribution >= 4 is 11.1 Å². The van der Waals surface area contributed by atoms with E-state index >= 15 is 0 Å². The minimum absolute atomic E-state index is 0. The fraction of sp³-hybridized carbons (Fsp3) is 0.0870. The Balaban J connectivity index is 0.000000192. The molecule has 0 bridgehead atoms. The molecule has 0 amide bonds. The van der Waals surface area contributed by atoms with Gasteiger partial charge in [0, 0.05) is 26.3 Å². The summed E-state index contributed by atoms with van der Waals surface area (Å²) in [5, 5.41) is 6.48. The number of rotatable bonds is 2. The van der Waals surface area contributed by atoms with E-state index in [9.17, 15) is 26.3 Å². The molecule has 1 radical (unpaired) electrons. The van der Waals surface area contributed by atoms with Crippen LogP contribution in [0, 0.1) is 6.07 Å². The molecule has 0 unspecified atom stereocenters. The first-order valence-electron chi connectivity index (χ1n) is 9.55. The van der Waals surface area contributed by atoms with E-state index in [2.05, 4.69) is 26.2 Å². The molecule has 3 heterocycles. The van der Waals surface area contributed by atoms with Gasteiger partial charge in [0.15, 0.2) is 5.58 Å². The van der Waals surface area contributed by atoms with Gasteiger partial charge in [0.1, 0.15) is 11.2 Å². The first kappa shape index (κ1) is 26.1. The number of benzene rings is 2. The maximum absolute atomic E-state index is 12.4. The summed E-state index contributed by atoms with van der Waals surface area (Å²) in [5.74, 6) is 0.0270. The Morgan fingerprint density at radius 2 is 1.60 bits per heavy atom. The van der Waals surface area contributed by atoms with Crippen molar-refractivity contribution in [3.63, 3.8) is 0 Å². The molecular formula is C23H12F6IrN4O-2. The molecule has 0 aliphatic carbocycles. The molecule has 0 spiro atoms. The molecule has 183 valence electrons. The second kappa shape index (κ2) is 10.4. The number of para-hydroxylation sites is 2. The molecule has 0 aliphatic heterocycles. The molecular weight excluding hydrogens is 654 g/mol. The van der Waals surface area contributed by atoms with Crippen molar-refractivity contribution in [2.45, 2.75) is 12.4 Å². The number of fused-ring (bicyclic) bond motifs is 1. The normalized spacial score (nSPS) is 11.5. The van der Waals surface area contributed by atoms with Crippen molar-refractivity contribution in [1.82, 2.24) is 20.2 Å². The zero-order valence-electron chi connectivity index (χ0n) is 17.2. The largest absolute Gasteiger partial charge is 0.571 e. The van der Waals surface area contributed by atoms with Crippen molar-refractivity contribution in [3.05, 3.63) is 90.3 Å². The fourth-order valence-corrected chi connectivity index (χ4v) is 2.80. The van der Waals surface area contributed by atoms with Crippen LogP contribution >= 0.6 is 0 Å². The third-order valence-corrected chi connectivity index (χ3v) is 4.42. The van der Waals surface area contributed by atoms with Crippen LogP contribution in [-0.2, 0) is 32.5 Å². The standard InChI is InChI=1S/C12H7F3N.C11H5F3N3O.Ir/c13-12(14,15)10-6-4-9(5-7-10)11-3-1-2-8-16-11;12-11(13,14)9-5-7(16-17-9)10-15-6-3-1-2-4-8(6)18-10;/h1-4,6-8H;1-5H;/q2*-1;. The minimum atomic E-state index is -4.52. The topological polar surface area (TPSA) is 65.9 Å². The minimum Gasteiger partial charge on any atom is -0.571 e. The molecule has 0 aliphatic rings. The summed E-state index contributed by atoms with van der Waals surface area (Å²) >= 11 is 0. The fourth-order valence-electron chi connectivity index (χ4n) is 2.80. The summed E-state index contributed by atoms with van der Waals surface area (Å²) in [6, 6.07) is 18.8. The number of hydrogen-bond acceptors (Lipinski definition) is 4. The summed E-state index contributed by atoms with van der Waals surface area (Å²) in [5.41, 5.74) is 0.420. The Labute approximate surface area is 207 Å². The number of aromatic nitrogens is 4. The molecule has 0 fully saturated rings. The van der Waals surface area contributed by atoms with E-state index in [1.165, 1.54) is 6.07 Å². The molecule has 0 N–H and O–H groups in total. The van der Waals surface area contributed by atoms with Gasteiger partial charge in [0.2, 0.25) is 5.89 Å². The maximum Gasteiger partial charge on any atom is 0.431 e. The molecule has 12 heteroatoms. The molecule has 0 saturated heterocycles. The summed E-state index contributed by atoms with van der Waals surface area (Å²) in [6.07, 6.45) is -7.25. The van der Waals surface area contributed by atoms with E-state index < -0.39 is 23.6 Å². The second-order valence-corrected chi connectivity index (χ2v) is 6.80. The third kappa shape index (κ3) is 6.34. The molecule has 5 aromatic rings. The second-order valence-electron chi connectivity index (χ2n) is 6.80. The van der Waals surface area contributed by atoms with E-state index in [1.807, 2.05) is 0 Å². The Morgan fingerprint density at radius 1 is 0.857 bits per heavy atom. The first-order valence-corrected chi connectivity index (χ1v) is 9.55. The summed E-state index contributed by atoms with van der Waals surface area (Å²) < 4.78 is 79.3. The maximum atomic E-state index is 12.4. The average molecular weight is 667 g/mol. The molecule has 5 nitrogen and oxygen atoms in total. The third-order valence-electron chi connectivity index (χ3n) is 4.42. The van der Waals surface area contributed by atoms with E-state index in [-0.39, 0.29) is 31.7 Å². The van der Waals surface area contributed by atoms with Gasteiger partial charge in [-0.05, 0) is 35.5 Å². The number of oxazole rings is 1. The number of nitrogens with zero attached hydrogens (tertiary/aromatic N) is 4. The SMILES string of the molecule is FC(F)(F)c1c[c-]c(-c2ccccn2)cc1.FC(F)(F)c1cc(-c2nc3ccccc3o2)[n-]n1.[Ir]. The summed E-state index contributed by atoms with van der Waals surface area (Å²) in [4.78, 5) is 8.07. The van der Waals surface area contributed by atoms with Gasteiger partial charge in [0.05, 0.1) is 0 Å². The van der Waals surface area contributed by atoms with Crippen molar-refractivity contribution < 1.29 is 50.9 Å². The van der Waals surface area contributed by atoms with Crippen LogP contribution in [0.3, 0.4) is 0 Å². The molecule has 3 aromatic heterocycles. The zero-order valence-corrected chi connectivity index (χ0v) is 19.6. The zero-order chi connectivity index (χ0) is 24.3. The van der Waals surface area contributed by atoms with Crippen LogP contribution in [0.2, 0.25) is 0 Å². The van der Waals surface area contributed by atoms with Gasteiger partial charge in [-0.3, -0.25) is 0 Å². The van der Waals surface area contributed by atoms with Crippen LogP contribution in [-0.4, -0.2) is 15.1 Å². The van der Waals surface area contributed by atoms with Crippen LogP contribution in [0.15, 0.2) is 77.3 Å². The quantitative estimate of drug-likeness (QED) is 0.161. The average Bonchev–Trinajstić information content (AvgIpc) is 3.47. The Hall–Kier alpha value is -3.50. The van der Waals surface area contributed by atoms with Crippen LogP contribution < -0.4 is 5.10 Å². The number of halogens is 6. The van der Waals surface area contributed by atoms with Crippen LogP contribution in [0.25, 0.3) is 33.9 Å². The molecule has 35 heavy (non-hydrogen) atoms. The van der Waals surface area contributed by atoms with Gasteiger partial charge in [0.25, 0.3) is 0 Å². The Morgan fingerprint density at radius 3 is 2.17 bits per heavy atom. The first-order chi connectivity index (χ1) is 16.1. The number of hydrogen-bond donors (Lipinski definition) is 0. The Bertz CT molecular complexity index is 1350. The predicted molar refractivity (Wildman–Crippen MR) is 109 cm³/mol. The number of pyridine rings is 1. The van der Waals surface area contributed by atoms with Crippen LogP contribution in [0.1, 0.15) is 11.3 Å². The molecule has 0 saturated carbocycles. The van der Waals surface area contributed by atoms with Crippen molar-refractivity contribution in [2.24, 2.45) is 0 Å². The molecule has 5 rings (SSSR count). The summed E-state index contributed by atoms with van der Waals surface area (Å²) in [6.45, 7) is 0. The van der Waals surface area contributed by atoms with E-state index in [4.69, 9.17) is 4.42 Å². The van der Waals surface area contributed by atoms with Crippen LogP contribution in [0.4, 0.5) is 26.3 Å². The van der Waals surface area contributed by atoms with Gasteiger partial charge in [-0.25, -0.2) is 4.98 Å². The van der Waals surface area contributed by atoms with Crippen molar-refractivity contribution in [3.8, 4) is 22.8 Å². The predicted octanol–water partition coefficient (Wildman–Crippen LogP) is 6.43. The number of alkyl halides is 6. The van der Waals surface area contributed by atoms with Gasteiger partial charge >= 0.3 is 12.4 Å². The van der Waals surface area contributed by atoms with E-state index in [0.29, 0.717) is 22.4 Å². The van der Waals surface area contributed by atoms with E-state index in [0.717, 1.165) is 18.2 Å². The van der Waals surface area contributed by atoms with Crippen molar-refractivity contribution in [1.29, 1.82) is 0 Å². The molecule has 2 aromatic carbocycles. The summed E-state index contributed by atoms with van der Waals surface area (Å²) in [7, 11) is 0. The van der Waals surface area contributed by atoms with Crippen molar-refractivity contribution in [2.75, 3.05) is 0 Å².